The van der Waals surface area contributed by atoms with Gasteiger partial charge >= 0.3 is 0 Å². The molecule has 1 fully saturated rings. The van der Waals surface area contributed by atoms with E-state index < -0.39 is 0 Å². The third-order valence-corrected chi connectivity index (χ3v) is 5.21. The van der Waals surface area contributed by atoms with Crippen molar-refractivity contribution >= 4 is 28.4 Å². The summed E-state index contributed by atoms with van der Waals surface area (Å²) in [6, 6.07) is 15.6. The molecule has 0 spiro atoms. The molecule has 2 heterocycles. The van der Waals surface area contributed by atoms with Crippen LogP contribution in [0.1, 0.15) is 18.4 Å². The number of amides is 1. The summed E-state index contributed by atoms with van der Waals surface area (Å²) < 4.78 is 5.50. The van der Waals surface area contributed by atoms with Crippen molar-refractivity contribution in [1.29, 1.82) is 0 Å². The van der Waals surface area contributed by atoms with Crippen LogP contribution in [0.15, 0.2) is 48.5 Å². The van der Waals surface area contributed by atoms with Gasteiger partial charge in [-0.15, -0.1) is 0 Å². The minimum absolute atomic E-state index is 0.0479. The van der Waals surface area contributed by atoms with Crippen molar-refractivity contribution < 1.29 is 9.53 Å². The van der Waals surface area contributed by atoms with Crippen LogP contribution in [-0.4, -0.2) is 36.1 Å². The maximum absolute atomic E-state index is 12.9. The van der Waals surface area contributed by atoms with Gasteiger partial charge in [-0.3, -0.25) is 4.79 Å². The van der Waals surface area contributed by atoms with Crippen molar-refractivity contribution in [3.63, 3.8) is 0 Å². The minimum Gasteiger partial charge on any atom is -0.478 e. The van der Waals surface area contributed by atoms with Crippen molar-refractivity contribution in [2.24, 2.45) is 5.92 Å². The summed E-state index contributed by atoms with van der Waals surface area (Å²) >= 11 is 0. The van der Waals surface area contributed by atoms with Gasteiger partial charge in [-0.05, 0) is 43.5 Å². The molecule has 1 N–H and O–H groups in total. The van der Waals surface area contributed by atoms with E-state index in [1.165, 1.54) is 0 Å². The first-order chi connectivity index (χ1) is 13.7. The SMILES string of the molecule is COc1nc2ccccc2nc1N1CCC[C@@H](C(=O)Nc2ccccc2C)C1. The standard InChI is InChI=1S/C22H24N4O2/c1-15-8-3-4-10-17(15)24-21(27)16-9-7-13-26(14-16)20-22(28-2)25-19-12-6-5-11-18(19)23-20/h3-6,8,10-12,16H,7,9,13-14H2,1-2H3,(H,24,27)/t16-/m1/s1. The lowest BCUT2D eigenvalue weighted by atomic mass is 9.97. The molecule has 0 radical (unpaired) electrons. The Balaban J connectivity index is 1.56. The van der Waals surface area contributed by atoms with Gasteiger partial charge in [0, 0.05) is 18.8 Å². The van der Waals surface area contributed by atoms with Crippen LogP contribution in [0.2, 0.25) is 0 Å². The second kappa shape index (κ2) is 7.84. The summed E-state index contributed by atoms with van der Waals surface area (Å²) in [5.41, 5.74) is 3.55. The number of nitrogens with one attached hydrogen (secondary N) is 1. The number of anilines is 2. The third-order valence-electron chi connectivity index (χ3n) is 5.21. The zero-order valence-electron chi connectivity index (χ0n) is 16.2. The third kappa shape index (κ3) is 3.63. The molecular formula is C22H24N4O2. The molecule has 0 aliphatic carbocycles. The number of rotatable bonds is 4. The molecule has 28 heavy (non-hydrogen) atoms. The number of methoxy groups -OCH3 is 1. The molecule has 1 saturated heterocycles. The number of piperidine rings is 1. The van der Waals surface area contributed by atoms with Gasteiger partial charge in [-0.2, -0.15) is 0 Å². The predicted octanol–water partition coefficient (Wildman–Crippen LogP) is 3.80. The number of aromatic nitrogens is 2. The van der Waals surface area contributed by atoms with Crippen LogP contribution < -0.4 is 15.0 Å². The Bertz CT molecular complexity index is 1000. The number of ether oxygens (including phenoxy) is 1. The highest BCUT2D eigenvalue weighted by Crippen LogP contribution is 2.30. The van der Waals surface area contributed by atoms with Crippen LogP contribution in [0.3, 0.4) is 0 Å². The minimum atomic E-state index is -0.105. The van der Waals surface area contributed by atoms with Crippen LogP contribution in [0.25, 0.3) is 11.0 Å². The van der Waals surface area contributed by atoms with E-state index in [0.717, 1.165) is 41.7 Å². The lowest BCUT2D eigenvalue weighted by Gasteiger charge is -2.33. The molecule has 0 unspecified atom stereocenters. The number of aryl methyl sites for hydroxylation is 1. The highest BCUT2D eigenvalue weighted by Gasteiger charge is 2.29. The van der Waals surface area contributed by atoms with Gasteiger partial charge in [0.05, 0.1) is 24.1 Å². The van der Waals surface area contributed by atoms with Crippen molar-refractivity contribution in [2.45, 2.75) is 19.8 Å². The number of fused-ring (bicyclic) bond motifs is 1. The molecular weight excluding hydrogens is 352 g/mol. The highest BCUT2D eigenvalue weighted by atomic mass is 16.5. The van der Waals surface area contributed by atoms with E-state index in [1.807, 2.05) is 55.5 Å². The van der Waals surface area contributed by atoms with Gasteiger partial charge in [0.1, 0.15) is 0 Å². The first-order valence-electron chi connectivity index (χ1n) is 9.58. The van der Waals surface area contributed by atoms with Gasteiger partial charge in [0.25, 0.3) is 5.88 Å². The molecule has 1 amide bonds. The van der Waals surface area contributed by atoms with Gasteiger partial charge in [0.2, 0.25) is 5.91 Å². The Morgan fingerprint density at radius 3 is 2.57 bits per heavy atom. The number of para-hydroxylation sites is 3. The van der Waals surface area contributed by atoms with Crippen LogP contribution in [0.5, 0.6) is 5.88 Å². The molecule has 144 valence electrons. The number of hydrogen-bond acceptors (Lipinski definition) is 5. The Kier molecular flexibility index (Phi) is 5.10. The molecule has 0 bridgehead atoms. The van der Waals surface area contributed by atoms with Gasteiger partial charge < -0.3 is 15.0 Å². The fourth-order valence-corrected chi connectivity index (χ4v) is 3.65. The number of carbonyl (C=O) groups excluding carboxylic acids is 1. The smallest absolute Gasteiger partial charge is 0.257 e. The summed E-state index contributed by atoms with van der Waals surface area (Å²) in [5.74, 6) is 1.14. The van der Waals surface area contributed by atoms with E-state index >= 15 is 0 Å². The molecule has 6 nitrogen and oxygen atoms in total. The van der Waals surface area contributed by atoms with E-state index in [-0.39, 0.29) is 11.8 Å². The fourth-order valence-electron chi connectivity index (χ4n) is 3.65. The maximum atomic E-state index is 12.9. The van der Waals surface area contributed by atoms with Crippen molar-refractivity contribution in [1.82, 2.24) is 9.97 Å². The van der Waals surface area contributed by atoms with Crippen LogP contribution >= 0.6 is 0 Å². The van der Waals surface area contributed by atoms with Gasteiger partial charge in [-0.1, -0.05) is 30.3 Å². The molecule has 1 aromatic heterocycles. The van der Waals surface area contributed by atoms with Crippen LogP contribution in [-0.2, 0) is 4.79 Å². The Labute approximate surface area is 164 Å². The topological polar surface area (TPSA) is 67.4 Å². The Morgan fingerprint density at radius 2 is 1.82 bits per heavy atom. The molecule has 1 aliphatic heterocycles. The van der Waals surface area contributed by atoms with E-state index in [2.05, 4.69) is 15.2 Å². The number of nitrogens with zero attached hydrogens (tertiary/aromatic N) is 3. The van der Waals surface area contributed by atoms with E-state index in [0.29, 0.717) is 18.2 Å². The van der Waals surface area contributed by atoms with Crippen molar-refractivity contribution in [3.8, 4) is 5.88 Å². The lowest BCUT2D eigenvalue weighted by molar-refractivity contribution is -0.120. The fraction of sp³-hybridized carbons (Fsp3) is 0.318. The second-order valence-corrected chi connectivity index (χ2v) is 7.13. The number of benzene rings is 2. The van der Waals surface area contributed by atoms with E-state index in [4.69, 9.17) is 9.72 Å². The van der Waals surface area contributed by atoms with Crippen LogP contribution in [0.4, 0.5) is 11.5 Å². The first-order valence-corrected chi connectivity index (χ1v) is 9.58. The largest absolute Gasteiger partial charge is 0.478 e. The highest BCUT2D eigenvalue weighted by molar-refractivity contribution is 5.93. The van der Waals surface area contributed by atoms with Crippen LogP contribution in [0, 0.1) is 12.8 Å². The zero-order chi connectivity index (χ0) is 19.5. The predicted molar refractivity (Wildman–Crippen MR) is 111 cm³/mol. The Hall–Kier alpha value is -3.15. The molecule has 0 saturated carbocycles. The monoisotopic (exact) mass is 376 g/mol. The summed E-state index contributed by atoms with van der Waals surface area (Å²) in [6.07, 6.45) is 1.78. The van der Waals surface area contributed by atoms with Gasteiger partial charge in [0.15, 0.2) is 5.82 Å². The van der Waals surface area contributed by atoms with Gasteiger partial charge in [-0.25, -0.2) is 9.97 Å². The molecule has 2 aromatic carbocycles. The zero-order valence-corrected chi connectivity index (χ0v) is 16.2. The molecule has 1 aliphatic rings. The lowest BCUT2D eigenvalue weighted by Crippen LogP contribution is -2.41. The number of carbonyl (C=O) groups is 1. The average molecular weight is 376 g/mol. The molecule has 6 heteroatoms. The second-order valence-electron chi connectivity index (χ2n) is 7.13. The molecule has 3 aromatic rings. The van der Waals surface area contributed by atoms with Crippen molar-refractivity contribution in [2.75, 3.05) is 30.4 Å². The normalized spacial score (nSPS) is 16.8. The average Bonchev–Trinajstić information content (AvgIpc) is 2.74. The Morgan fingerprint density at radius 1 is 1.11 bits per heavy atom. The summed E-state index contributed by atoms with van der Waals surface area (Å²) in [5, 5.41) is 3.08. The quantitative estimate of drug-likeness (QED) is 0.750. The summed E-state index contributed by atoms with van der Waals surface area (Å²) in [6.45, 7) is 3.43. The summed E-state index contributed by atoms with van der Waals surface area (Å²) in [4.78, 5) is 24.3. The van der Waals surface area contributed by atoms with E-state index in [9.17, 15) is 4.79 Å². The first kappa shape index (κ1) is 18.2. The summed E-state index contributed by atoms with van der Waals surface area (Å²) in [7, 11) is 1.61. The maximum Gasteiger partial charge on any atom is 0.257 e. The molecule has 4 rings (SSSR count). The molecule has 1 atom stereocenters. The van der Waals surface area contributed by atoms with E-state index in [1.54, 1.807) is 7.11 Å². The number of hydrogen-bond donors (Lipinski definition) is 1. The van der Waals surface area contributed by atoms with Crippen molar-refractivity contribution in [3.05, 3.63) is 54.1 Å².